The van der Waals surface area contributed by atoms with E-state index in [1.807, 2.05) is 0 Å². The third-order valence-corrected chi connectivity index (χ3v) is 5.82. The van der Waals surface area contributed by atoms with Crippen LogP contribution in [-0.2, 0) is 6.42 Å². The Bertz CT molecular complexity index is 899. The highest BCUT2D eigenvalue weighted by molar-refractivity contribution is 5.48. The molecule has 4 rings (SSSR count). The predicted octanol–water partition coefficient (Wildman–Crippen LogP) is 6.43. The standard InChI is InChI=1S/C26H28O2/c1-2-3-17-28-23-14-16-25-21(18-23)11-15-24(19-7-5-4-6-8-19)26(25)20-9-12-22(27)13-10-20/h4-10,12-14,16,18,24,26-27H,2-3,11,15,17H2,1H3/t24-,26?/m1/s1. The molecule has 0 aromatic heterocycles. The van der Waals surface area contributed by atoms with Crippen LogP contribution in [0.3, 0.4) is 0 Å². The summed E-state index contributed by atoms with van der Waals surface area (Å²) in [5, 5.41) is 9.76. The van der Waals surface area contributed by atoms with Crippen LogP contribution in [0, 0.1) is 0 Å². The topological polar surface area (TPSA) is 29.5 Å². The van der Waals surface area contributed by atoms with E-state index in [1.54, 1.807) is 12.1 Å². The Hall–Kier alpha value is -2.74. The summed E-state index contributed by atoms with van der Waals surface area (Å²) in [4.78, 5) is 0. The van der Waals surface area contributed by atoms with Gasteiger partial charge in [0.05, 0.1) is 6.61 Å². The van der Waals surface area contributed by atoms with E-state index in [0.29, 0.717) is 11.7 Å². The molecule has 0 spiro atoms. The lowest BCUT2D eigenvalue weighted by atomic mass is 9.69. The molecule has 0 heterocycles. The maximum absolute atomic E-state index is 9.76. The molecule has 3 aromatic rings. The van der Waals surface area contributed by atoms with E-state index < -0.39 is 0 Å². The second-order valence-corrected chi connectivity index (χ2v) is 7.69. The number of phenols is 1. The van der Waals surface area contributed by atoms with Crippen LogP contribution in [0.15, 0.2) is 72.8 Å². The molecule has 0 amide bonds. The fraction of sp³-hybridized carbons (Fsp3) is 0.308. The van der Waals surface area contributed by atoms with Crippen LogP contribution in [0.4, 0.5) is 0 Å². The Labute approximate surface area is 167 Å². The van der Waals surface area contributed by atoms with Crippen molar-refractivity contribution in [1.82, 2.24) is 0 Å². The number of rotatable bonds is 6. The van der Waals surface area contributed by atoms with Crippen LogP contribution in [-0.4, -0.2) is 11.7 Å². The molecule has 0 aliphatic heterocycles. The fourth-order valence-electron chi connectivity index (χ4n) is 4.37. The van der Waals surface area contributed by atoms with Gasteiger partial charge in [0, 0.05) is 5.92 Å². The van der Waals surface area contributed by atoms with Crippen LogP contribution < -0.4 is 4.74 Å². The summed E-state index contributed by atoms with van der Waals surface area (Å²) >= 11 is 0. The molecule has 0 saturated heterocycles. The zero-order valence-electron chi connectivity index (χ0n) is 16.5. The number of hydrogen-bond donors (Lipinski definition) is 1. The third-order valence-electron chi connectivity index (χ3n) is 5.82. The molecule has 0 bridgehead atoms. The smallest absolute Gasteiger partial charge is 0.119 e. The summed E-state index contributed by atoms with van der Waals surface area (Å²) < 4.78 is 5.95. The maximum Gasteiger partial charge on any atom is 0.119 e. The zero-order chi connectivity index (χ0) is 19.3. The van der Waals surface area contributed by atoms with Crippen LogP contribution in [0.1, 0.15) is 60.3 Å². The van der Waals surface area contributed by atoms with Crippen molar-refractivity contribution < 1.29 is 9.84 Å². The summed E-state index contributed by atoms with van der Waals surface area (Å²) in [7, 11) is 0. The summed E-state index contributed by atoms with van der Waals surface area (Å²) in [5.41, 5.74) is 5.41. The van der Waals surface area contributed by atoms with E-state index >= 15 is 0 Å². The number of aryl methyl sites for hydroxylation is 1. The average molecular weight is 373 g/mol. The number of phenolic OH excluding ortho intramolecular Hbond substituents is 1. The minimum absolute atomic E-state index is 0.288. The monoisotopic (exact) mass is 372 g/mol. The maximum atomic E-state index is 9.76. The largest absolute Gasteiger partial charge is 0.508 e. The van der Waals surface area contributed by atoms with Crippen molar-refractivity contribution in [2.75, 3.05) is 6.61 Å². The first-order valence-corrected chi connectivity index (χ1v) is 10.4. The van der Waals surface area contributed by atoms with Crippen molar-refractivity contribution in [2.24, 2.45) is 0 Å². The van der Waals surface area contributed by atoms with Crippen LogP contribution in [0.25, 0.3) is 0 Å². The molecule has 1 N–H and O–H groups in total. The van der Waals surface area contributed by atoms with Gasteiger partial charge >= 0.3 is 0 Å². The van der Waals surface area contributed by atoms with Gasteiger partial charge in [-0.05, 0) is 71.7 Å². The lowest BCUT2D eigenvalue weighted by Crippen LogP contribution is -2.20. The molecule has 1 aliphatic carbocycles. The first-order valence-electron chi connectivity index (χ1n) is 10.4. The number of benzene rings is 3. The van der Waals surface area contributed by atoms with Gasteiger partial charge in [-0.3, -0.25) is 0 Å². The summed E-state index contributed by atoms with van der Waals surface area (Å²) in [6, 6.07) is 25.2. The molecule has 1 aliphatic rings. The van der Waals surface area contributed by atoms with Crippen LogP contribution in [0.5, 0.6) is 11.5 Å². The summed E-state index contributed by atoms with van der Waals surface area (Å²) in [6.07, 6.45) is 4.41. The molecule has 0 saturated carbocycles. The number of fused-ring (bicyclic) bond motifs is 1. The van der Waals surface area contributed by atoms with Crippen LogP contribution in [0.2, 0.25) is 0 Å². The van der Waals surface area contributed by atoms with E-state index in [2.05, 4.69) is 67.6 Å². The fourth-order valence-corrected chi connectivity index (χ4v) is 4.37. The molecule has 2 nitrogen and oxygen atoms in total. The van der Waals surface area contributed by atoms with Gasteiger partial charge in [-0.2, -0.15) is 0 Å². The van der Waals surface area contributed by atoms with E-state index in [1.165, 1.54) is 22.3 Å². The summed E-state index contributed by atoms with van der Waals surface area (Å²) in [6.45, 7) is 2.96. The lowest BCUT2D eigenvalue weighted by Gasteiger charge is -2.35. The van der Waals surface area contributed by atoms with E-state index in [9.17, 15) is 5.11 Å². The molecule has 2 atom stereocenters. The van der Waals surface area contributed by atoms with Crippen molar-refractivity contribution in [2.45, 2.75) is 44.4 Å². The molecular weight excluding hydrogens is 344 g/mol. The normalized spacial score (nSPS) is 18.5. The van der Waals surface area contributed by atoms with Crippen molar-refractivity contribution in [3.8, 4) is 11.5 Å². The van der Waals surface area contributed by atoms with Crippen molar-refractivity contribution in [3.05, 3.63) is 95.1 Å². The zero-order valence-corrected chi connectivity index (χ0v) is 16.5. The van der Waals surface area contributed by atoms with Gasteiger partial charge in [-0.25, -0.2) is 0 Å². The first-order chi connectivity index (χ1) is 13.8. The Kier molecular flexibility index (Phi) is 5.66. The van der Waals surface area contributed by atoms with Gasteiger partial charge in [0.25, 0.3) is 0 Å². The number of hydrogen-bond acceptors (Lipinski definition) is 2. The number of unbranched alkanes of at least 4 members (excludes halogenated alkanes) is 1. The molecular formula is C26H28O2. The minimum Gasteiger partial charge on any atom is -0.508 e. The van der Waals surface area contributed by atoms with Gasteiger partial charge < -0.3 is 9.84 Å². The Morgan fingerprint density at radius 1 is 0.929 bits per heavy atom. The first kappa shape index (κ1) is 18.6. The van der Waals surface area contributed by atoms with Crippen molar-refractivity contribution in [3.63, 3.8) is 0 Å². The molecule has 3 aromatic carbocycles. The molecule has 28 heavy (non-hydrogen) atoms. The second kappa shape index (κ2) is 8.52. The van der Waals surface area contributed by atoms with Crippen molar-refractivity contribution in [1.29, 1.82) is 0 Å². The average Bonchev–Trinajstić information content (AvgIpc) is 2.74. The van der Waals surface area contributed by atoms with Gasteiger partial charge in [0.2, 0.25) is 0 Å². The molecule has 144 valence electrons. The highest BCUT2D eigenvalue weighted by Crippen LogP contribution is 2.47. The molecule has 1 unspecified atom stereocenters. The van der Waals surface area contributed by atoms with Gasteiger partial charge in [0.1, 0.15) is 11.5 Å². The number of ether oxygens (including phenoxy) is 1. The molecule has 0 fully saturated rings. The summed E-state index contributed by atoms with van der Waals surface area (Å²) in [5.74, 6) is 2.02. The Balaban J connectivity index is 1.72. The predicted molar refractivity (Wildman–Crippen MR) is 114 cm³/mol. The van der Waals surface area contributed by atoms with E-state index in [0.717, 1.165) is 38.0 Å². The SMILES string of the molecule is CCCCOc1ccc2c(c1)CC[C@H](c1ccccc1)C2c1ccc(O)cc1. The molecule has 2 heteroatoms. The highest BCUT2D eigenvalue weighted by atomic mass is 16.5. The number of aromatic hydroxyl groups is 1. The van der Waals surface area contributed by atoms with Gasteiger partial charge in [-0.1, -0.05) is 61.9 Å². The molecule has 0 radical (unpaired) electrons. The van der Waals surface area contributed by atoms with E-state index in [4.69, 9.17) is 4.74 Å². The lowest BCUT2D eigenvalue weighted by molar-refractivity contribution is 0.308. The van der Waals surface area contributed by atoms with Gasteiger partial charge in [-0.15, -0.1) is 0 Å². The minimum atomic E-state index is 0.288. The Morgan fingerprint density at radius 2 is 1.71 bits per heavy atom. The van der Waals surface area contributed by atoms with Crippen LogP contribution >= 0.6 is 0 Å². The third kappa shape index (κ3) is 3.91. The second-order valence-electron chi connectivity index (χ2n) is 7.69. The van der Waals surface area contributed by atoms with Gasteiger partial charge in [0.15, 0.2) is 0 Å². The quantitative estimate of drug-likeness (QED) is 0.505. The Morgan fingerprint density at radius 3 is 2.46 bits per heavy atom. The van der Waals surface area contributed by atoms with Crippen molar-refractivity contribution >= 4 is 0 Å². The van der Waals surface area contributed by atoms with E-state index in [-0.39, 0.29) is 5.92 Å². The highest BCUT2D eigenvalue weighted by Gasteiger charge is 2.32.